The number of pyridine rings is 1. The molecule has 2 aromatic heterocycles. The third-order valence-corrected chi connectivity index (χ3v) is 7.92. The molecule has 0 saturated carbocycles. The SMILES string of the molecule is CCOC(=O)c1ccc(Sc2cc(-c3ccc4ncnc(N5CCN(C(=O)OC(C)(C)C)CC5)c4c3)cnc2OC)c(F)c1. The highest BCUT2D eigenvalue weighted by Gasteiger charge is 2.27. The van der Waals surface area contributed by atoms with Crippen molar-refractivity contribution in [2.45, 2.75) is 43.1 Å². The molecule has 2 aromatic carbocycles. The molecule has 0 bridgehead atoms. The fourth-order valence-electron chi connectivity index (χ4n) is 4.76. The van der Waals surface area contributed by atoms with E-state index in [1.807, 2.05) is 45.0 Å². The summed E-state index contributed by atoms with van der Waals surface area (Å²) in [6, 6.07) is 12.0. The summed E-state index contributed by atoms with van der Waals surface area (Å²) in [5.41, 5.74) is 2.05. The van der Waals surface area contributed by atoms with Crippen molar-refractivity contribution in [3.63, 3.8) is 0 Å². The van der Waals surface area contributed by atoms with Crippen LogP contribution in [0.2, 0.25) is 0 Å². The average molecular weight is 620 g/mol. The number of benzene rings is 2. The molecule has 1 aliphatic rings. The summed E-state index contributed by atoms with van der Waals surface area (Å²) >= 11 is 1.15. The molecule has 4 aromatic rings. The van der Waals surface area contributed by atoms with E-state index in [2.05, 4.69) is 19.9 Å². The van der Waals surface area contributed by atoms with Crippen LogP contribution in [0.1, 0.15) is 38.1 Å². The summed E-state index contributed by atoms with van der Waals surface area (Å²) in [6.07, 6.45) is 2.93. The molecule has 5 rings (SSSR count). The number of fused-ring (bicyclic) bond motifs is 1. The summed E-state index contributed by atoms with van der Waals surface area (Å²) in [4.78, 5) is 42.9. The number of nitrogens with zero attached hydrogens (tertiary/aromatic N) is 5. The van der Waals surface area contributed by atoms with Crippen molar-refractivity contribution >= 4 is 40.5 Å². The Bertz CT molecular complexity index is 1690. The number of ether oxygens (including phenoxy) is 3. The predicted molar refractivity (Wildman–Crippen MR) is 166 cm³/mol. The number of anilines is 1. The largest absolute Gasteiger partial charge is 0.480 e. The molecule has 0 unspecified atom stereocenters. The molecular formula is C32H34FN5O5S. The lowest BCUT2D eigenvalue weighted by atomic mass is 10.0. The molecule has 0 aliphatic carbocycles. The molecule has 3 heterocycles. The molecule has 10 nitrogen and oxygen atoms in total. The molecule has 230 valence electrons. The monoisotopic (exact) mass is 619 g/mol. The van der Waals surface area contributed by atoms with Crippen molar-refractivity contribution in [2.75, 3.05) is 44.8 Å². The van der Waals surface area contributed by atoms with E-state index >= 15 is 0 Å². The Morgan fingerprint density at radius 3 is 2.41 bits per heavy atom. The van der Waals surface area contributed by atoms with E-state index in [1.165, 1.54) is 19.2 Å². The number of piperazine rings is 1. The number of carbonyl (C=O) groups is 2. The highest BCUT2D eigenvalue weighted by molar-refractivity contribution is 7.99. The lowest BCUT2D eigenvalue weighted by Gasteiger charge is -2.36. The van der Waals surface area contributed by atoms with Crippen LogP contribution >= 0.6 is 11.8 Å². The van der Waals surface area contributed by atoms with Gasteiger partial charge in [0.1, 0.15) is 23.6 Å². The lowest BCUT2D eigenvalue weighted by Crippen LogP contribution is -2.50. The minimum atomic E-state index is -0.575. The van der Waals surface area contributed by atoms with Crippen LogP contribution in [0.25, 0.3) is 22.0 Å². The van der Waals surface area contributed by atoms with Gasteiger partial charge in [0.2, 0.25) is 5.88 Å². The van der Waals surface area contributed by atoms with E-state index in [1.54, 1.807) is 30.4 Å². The van der Waals surface area contributed by atoms with Crippen LogP contribution in [0.4, 0.5) is 15.0 Å². The second-order valence-corrected chi connectivity index (χ2v) is 12.2. The molecular weight excluding hydrogens is 585 g/mol. The number of halogens is 1. The van der Waals surface area contributed by atoms with Crippen molar-refractivity contribution in [2.24, 2.45) is 0 Å². The Hall–Kier alpha value is -4.45. The van der Waals surface area contributed by atoms with E-state index in [0.717, 1.165) is 39.6 Å². The fraction of sp³-hybridized carbons (Fsp3) is 0.344. The van der Waals surface area contributed by atoms with Crippen LogP contribution in [-0.4, -0.2) is 77.4 Å². The van der Waals surface area contributed by atoms with Crippen LogP contribution in [0.15, 0.2) is 64.8 Å². The minimum absolute atomic E-state index is 0.146. The first-order valence-corrected chi connectivity index (χ1v) is 15.0. The van der Waals surface area contributed by atoms with Crippen LogP contribution in [-0.2, 0) is 9.47 Å². The van der Waals surface area contributed by atoms with Gasteiger partial charge in [-0.25, -0.2) is 28.9 Å². The molecule has 0 radical (unpaired) electrons. The normalized spacial score (nSPS) is 13.6. The summed E-state index contributed by atoms with van der Waals surface area (Å²) < 4.78 is 31.0. The van der Waals surface area contributed by atoms with Gasteiger partial charge < -0.3 is 24.0 Å². The topological polar surface area (TPSA) is 107 Å². The van der Waals surface area contributed by atoms with Gasteiger partial charge >= 0.3 is 12.1 Å². The number of hydrogen-bond donors (Lipinski definition) is 0. The fourth-order valence-corrected chi connectivity index (χ4v) is 5.70. The van der Waals surface area contributed by atoms with E-state index in [-0.39, 0.29) is 18.3 Å². The first-order chi connectivity index (χ1) is 21.1. The third kappa shape index (κ3) is 7.02. The van der Waals surface area contributed by atoms with Crippen LogP contribution < -0.4 is 9.64 Å². The zero-order valence-electron chi connectivity index (χ0n) is 25.3. The van der Waals surface area contributed by atoms with Gasteiger partial charge in [-0.1, -0.05) is 17.8 Å². The van der Waals surface area contributed by atoms with Crippen molar-refractivity contribution < 1.29 is 28.2 Å². The highest BCUT2D eigenvalue weighted by atomic mass is 32.2. The van der Waals surface area contributed by atoms with Crippen LogP contribution in [0, 0.1) is 5.82 Å². The smallest absolute Gasteiger partial charge is 0.410 e. The molecule has 0 atom stereocenters. The summed E-state index contributed by atoms with van der Waals surface area (Å²) in [5, 5.41) is 0.862. The maximum absolute atomic E-state index is 15.0. The van der Waals surface area contributed by atoms with E-state index in [4.69, 9.17) is 14.2 Å². The summed E-state index contributed by atoms with van der Waals surface area (Å²) in [7, 11) is 1.51. The molecule has 1 fully saturated rings. The van der Waals surface area contributed by atoms with Crippen molar-refractivity contribution in [3.05, 3.63) is 66.4 Å². The molecule has 1 amide bonds. The standard InChI is InChI=1S/C32H34FN5O5S/c1-6-42-30(39)21-8-10-26(24(33)16-21)44-27-17-22(18-34-29(27)41-5)20-7-9-25-23(15-20)28(36-19-35-25)37-11-13-38(14-12-37)31(40)43-32(2,3)4/h7-10,15-19H,6,11-14H2,1-5H3. The predicted octanol–water partition coefficient (Wildman–Crippen LogP) is 6.22. The molecule has 0 spiro atoms. The van der Waals surface area contributed by atoms with E-state index in [9.17, 15) is 14.0 Å². The van der Waals surface area contributed by atoms with Gasteiger partial charge in [0.05, 0.1) is 29.7 Å². The van der Waals surface area contributed by atoms with E-state index in [0.29, 0.717) is 41.8 Å². The van der Waals surface area contributed by atoms with Crippen LogP contribution in [0.3, 0.4) is 0 Å². The Morgan fingerprint density at radius 1 is 0.955 bits per heavy atom. The van der Waals surface area contributed by atoms with Crippen molar-refractivity contribution in [1.29, 1.82) is 0 Å². The first kappa shape index (κ1) is 31.0. The van der Waals surface area contributed by atoms with Gasteiger partial charge in [0.15, 0.2) is 0 Å². The van der Waals surface area contributed by atoms with Gasteiger partial charge in [-0.2, -0.15) is 0 Å². The molecule has 0 N–H and O–H groups in total. The Kier molecular flexibility index (Phi) is 9.19. The second-order valence-electron chi connectivity index (χ2n) is 11.1. The maximum atomic E-state index is 15.0. The van der Waals surface area contributed by atoms with Gasteiger partial charge in [-0.3, -0.25) is 0 Å². The zero-order valence-corrected chi connectivity index (χ0v) is 26.1. The zero-order chi connectivity index (χ0) is 31.4. The van der Waals surface area contributed by atoms with Crippen LogP contribution in [0.5, 0.6) is 5.88 Å². The summed E-state index contributed by atoms with van der Waals surface area (Å²) in [6.45, 7) is 9.70. The number of esters is 1. The molecule has 1 aliphatic heterocycles. The lowest BCUT2D eigenvalue weighted by molar-refractivity contribution is 0.0240. The van der Waals surface area contributed by atoms with Gasteiger partial charge in [0, 0.05) is 48.2 Å². The number of rotatable bonds is 7. The summed E-state index contributed by atoms with van der Waals surface area (Å²) in [5.74, 6) is 0.00171. The number of carbonyl (C=O) groups excluding carboxylic acids is 2. The Morgan fingerprint density at radius 2 is 1.73 bits per heavy atom. The highest BCUT2D eigenvalue weighted by Crippen LogP contribution is 2.38. The Labute approximate surface area is 259 Å². The van der Waals surface area contributed by atoms with E-state index < -0.39 is 17.4 Å². The molecule has 12 heteroatoms. The first-order valence-electron chi connectivity index (χ1n) is 14.2. The van der Waals surface area contributed by atoms with Gasteiger partial charge in [-0.15, -0.1) is 0 Å². The quantitative estimate of drug-likeness (QED) is 0.221. The van der Waals surface area contributed by atoms with Crippen molar-refractivity contribution in [3.8, 4) is 17.0 Å². The molecule has 1 saturated heterocycles. The number of amides is 1. The second kappa shape index (κ2) is 13.0. The van der Waals surface area contributed by atoms with Crippen molar-refractivity contribution in [1.82, 2.24) is 19.9 Å². The number of hydrogen-bond acceptors (Lipinski definition) is 10. The van der Waals surface area contributed by atoms with Gasteiger partial charge in [0.25, 0.3) is 0 Å². The third-order valence-electron chi connectivity index (χ3n) is 6.85. The Balaban J connectivity index is 1.40. The number of aromatic nitrogens is 3. The maximum Gasteiger partial charge on any atom is 0.410 e. The number of methoxy groups -OCH3 is 1. The average Bonchev–Trinajstić information content (AvgIpc) is 3.00. The van der Waals surface area contributed by atoms with Gasteiger partial charge in [-0.05, 0) is 69.7 Å². The molecule has 44 heavy (non-hydrogen) atoms. The minimum Gasteiger partial charge on any atom is -0.480 e.